The van der Waals surface area contributed by atoms with Crippen LogP contribution in [0.15, 0.2) is 0 Å². The molecule has 0 heterocycles. The standard InChI is InChI=1S/C20H36N4O9/c1-2-3-4-5-6-21-16(25)11-23(13-18(28)29)9-7-22(12-17(26)27)8-10-24(14-19(30)31)15-20(32)33/h2-15H2,1H3,(H,21,25)(H,26,27)(H,28,29)(H,30,31)(H,32,33). The Morgan fingerprint density at radius 3 is 1.39 bits per heavy atom. The molecule has 13 heteroatoms. The molecule has 0 aromatic heterocycles. The Bertz CT molecular complexity index is 629. The number of hydrogen-bond acceptors (Lipinski definition) is 8. The lowest BCUT2D eigenvalue weighted by Crippen LogP contribution is -2.46. The van der Waals surface area contributed by atoms with Crippen LogP contribution in [0.5, 0.6) is 0 Å². The van der Waals surface area contributed by atoms with Crippen LogP contribution in [0, 0.1) is 0 Å². The third kappa shape index (κ3) is 18.5. The summed E-state index contributed by atoms with van der Waals surface area (Å²) in [6.07, 6.45) is 3.95. The van der Waals surface area contributed by atoms with Gasteiger partial charge in [0.15, 0.2) is 0 Å². The first-order valence-corrected chi connectivity index (χ1v) is 10.8. The first kappa shape index (κ1) is 30.2. The zero-order chi connectivity index (χ0) is 25.2. The van der Waals surface area contributed by atoms with Crippen LogP contribution in [-0.2, 0) is 24.0 Å². The number of aliphatic carboxylic acids is 4. The molecule has 0 aromatic carbocycles. The van der Waals surface area contributed by atoms with Crippen molar-refractivity contribution in [1.82, 2.24) is 20.0 Å². The molecule has 5 N–H and O–H groups in total. The summed E-state index contributed by atoms with van der Waals surface area (Å²) in [5.74, 6) is -5.03. The van der Waals surface area contributed by atoms with Gasteiger partial charge in [0, 0.05) is 32.7 Å². The van der Waals surface area contributed by atoms with Gasteiger partial charge in [0.25, 0.3) is 0 Å². The predicted molar refractivity (Wildman–Crippen MR) is 117 cm³/mol. The fourth-order valence-corrected chi connectivity index (χ4v) is 3.07. The molecule has 0 aliphatic carbocycles. The van der Waals surface area contributed by atoms with Crippen molar-refractivity contribution < 1.29 is 44.4 Å². The smallest absolute Gasteiger partial charge is 0.317 e. The van der Waals surface area contributed by atoms with Gasteiger partial charge in [0.1, 0.15) is 0 Å². The van der Waals surface area contributed by atoms with Gasteiger partial charge >= 0.3 is 23.9 Å². The summed E-state index contributed by atoms with van der Waals surface area (Å²) in [7, 11) is 0. The molecule has 0 unspecified atom stereocenters. The zero-order valence-corrected chi connectivity index (χ0v) is 19.1. The van der Waals surface area contributed by atoms with Crippen molar-refractivity contribution >= 4 is 29.8 Å². The van der Waals surface area contributed by atoms with Crippen LogP contribution in [0.4, 0.5) is 0 Å². The molecule has 0 aliphatic rings. The zero-order valence-electron chi connectivity index (χ0n) is 19.1. The molecule has 0 rings (SSSR count). The number of nitrogens with zero attached hydrogens (tertiary/aromatic N) is 3. The lowest BCUT2D eigenvalue weighted by atomic mass is 10.2. The molecular formula is C20H36N4O9. The van der Waals surface area contributed by atoms with E-state index in [4.69, 9.17) is 20.4 Å². The van der Waals surface area contributed by atoms with Crippen LogP contribution < -0.4 is 5.32 Å². The fraction of sp³-hybridized carbons (Fsp3) is 0.750. The van der Waals surface area contributed by atoms with Crippen molar-refractivity contribution in [1.29, 1.82) is 0 Å². The quantitative estimate of drug-likeness (QED) is 0.126. The Kier molecular flexibility index (Phi) is 16.3. The Hall–Kier alpha value is -2.77. The van der Waals surface area contributed by atoms with Gasteiger partial charge in [0.2, 0.25) is 5.91 Å². The van der Waals surface area contributed by atoms with Gasteiger partial charge in [-0.25, -0.2) is 0 Å². The van der Waals surface area contributed by atoms with Crippen molar-refractivity contribution in [3.8, 4) is 0 Å². The topological polar surface area (TPSA) is 188 Å². The van der Waals surface area contributed by atoms with Crippen LogP contribution in [0.25, 0.3) is 0 Å². The second-order valence-electron chi connectivity index (χ2n) is 7.68. The van der Waals surface area contributed by atoms with Crippen molar-refractivity contribution in [2.24, 2.45) is 0 Å². The molecule has 1 amide bonds. The largest absolute Gasteiger partial charge is 0.480 e. The summed E-state index contributed by atoms with van der Waals surface area (Å²) in [6.45, 7) is 0.781. The lowest BCUT2D eigenvalue weighted by Gasteiger charge is -2.27. The maximum Gasteiger partial charge on any atom is 0.317 e. The van der Waals surface area contributed by atoms with Gasteiger partial charge in [-0.2, -0.15) is 0 Å². The molecule has 0 atom stereocenters. The minimum atomic E-state index is -1.21. The van der Waals surface area contributed by atoms with Crippen LogP contribution >= 0.6 is 0 Å². The molecule has 0 radical (unpaired) electrons. The fourth-order valence-electron chi connectivity index (χ4n) is 3.07. The number of carboxylic acids is 4. The highest BCUT2D eigenvalue weighted by Crippen LogP contribution is 1.99. The SMILES string of the molecule is CCCCCCNC(=O)CN(CCN(CCN(CC(=O)O)CC(=O)O)CC(=O)O)CC(=O)O. The van der Waals surface area contributed by atoms with E-state index in [1.54, 1.807) is 0 Å². The van der Waals surface area contributed by atoms with Crippen molar-refractivity contribution in [3.63, 3.8) is 0 Å². The first-order valence-electron chi connectivity index (χ1n) is 10.8. The summed E-state index contributed by atoms with van der Waals surface area (Å²) in [6, 6.07) is 0. The van der Waals surface area contributed by atoms with Gasteiger partial charge < -0.3 is 25.7 Å². The van der Waals surface area contributed by atoms with E-state index in [0.717, 1.165) is 30.6 Å². The van der Waals surface area contributed by atoms with Crippen LogP contribution in [-0.4, -0.2) is 130 Å². The number of rotatable bonds is 21. The average Bonchev–Trinajstić information content (AvgIpc) is 2.67. The van der Waals surface area contributed by atoms with E-state index in [2.05, 4.69) is 12.2 Å². The Balaban J connectivity index is 4.86. The number of amides is 1. The third-order valence-electron chi connectivity index (χ3n) is 4.62. The second-order valence-corrected chi connectivity index (χ2v) is 7.68. The van der Waals surface area contributed by atoms with Crippen LogP contribution in [0.3, 0.4) is 0 Å². The summed E-state index contributed by atoms with van der Waals surface area (Å²) in [5.41, 5.74) is 0. The molecule has 0 saturated carbocycles. The van der Waals surface area contributed by atoms with Gasteiger partial charge in [-0.1, -0.05) is 26.2 Å². The van der Waals surface area contributed by atoms with Crippen LogP contribution in [0.1, 0.15) is 32.6 Å². The second kappa shape index (κ2) is 17.7. The third-order valence-corrected chi connectivity index (χ3v) is 4.62. The highest BCUT2D eigenvalue weighted by molar-refractivity contribution is 5.79. The maximum atomic E-state index is 12.1. The van der Waals surface area contributed by atoms with E-state index in [1.807, 2.05) is 0 Å². The van der Waals surface area contributed by atoms with Crippen LogP contribution in [0.2, 0.25) is 0 Å². The highest BCUT2D eigenvalue weighted by atomic mass is 16.4. The van der Waals surface area contributed by atoms with E-state index in [1.165, 1.54) is 9.80 Å². The monoisotopic (exact) mass is 476 g/mol. The summed E-state index contributed by atoms with van der Waals surface area (Å²) in [5, 5.41) is 38.8. The summed E-state index contributed by atoms with van der Waals surface area (Å²) < 4.78 is 0. The predicted octanol–water partition coefficient (Wildman–Crippen LogP) is -1.07. The number of carbonyl (C=O) groups excluding carboxylic acids is 1. The average molecular weight is 477 g/mol. The molecule has 190 valence electrons. The number of carboxylic acid groups (broad SMARTS) is 4. The van der Waals surface area contributed by atoms with E-state index in [0.29, 0.717) is 6.54 Å². The molecule has 0 aliphatic heterocycles. The van der Waals surface area contributed by atoms with E-state index in [-0.39, 0.29) is 38.6 Å². The summed E-state index contributed by atoms with van der Waals surface area (Å²) >= 11 is 0. The molecule has 0 aromatic rings. The summed E-state index contributed by atoms with van der Waals surface area (Å²) in [4.78, 5) is 60.3. The minimum Gasteiger partial charge on any atom is -0.480 e. The molecule has 13 nitrogen and oxygen atoms in total. The highest BCUT2D eigenvalue weighted by Gasteiger charge is 2.19. The molecule has 33 heavy (non-hydrogen) atoms. The van der Waals surface area contributed by atoms with Crippen molar-refractivity contribution in [3.05, 3.63) is 0 Å². The van der Waals surface area contributed by atoms with Gasteiger partial charge in [-0.15, -0.1) is 0 Å². The number of unbranched alkanes of at least 4 members (excludes halogenated alkanes) is 3. The normalized spacial score (nSPS) is 11.2. The number of nitrogens with one attached hydrogen (secondary N) is 1. The molecule has 0 saturated heterocycles. The molecule has 0 spiro atoms. The van der Waals surface area contributed by atoms with E-state index >= 15 is 0 Å². The van der Waals surface area contributed by atoms with Gasteiger partial charge in [-0.3, -0.25) is 38.7 Å². The number of hydrogen-bond donors (Lipinski definition) is 5. The van der Waals surface area contributed by atoms with Gasteiger partial charge in [0.05, 0.1) is 32.7 Å². The van der Waals surface area contributed by atoms with E-state index < -0.39 is 50.1 Å². The number of carbonyl (C=O) groups is 5. The molecule has 0 fully saturated rings. The first-order chi connectivity index (χ1) is 15.5. The van der Waals surface area contributed by atoms with E-state index in [9.17, 15) is 24.0 Å². The minimum absolute atomic E-state index is 0.0109. The Morgan fingerprint density at radius 1 is 0.576 bits per heavy atom. The van der Waals surface area contributed by atoms with Crippen molar-refractivity contribution in [2.75, 3.05) is 65.4 Å². The Labute approximate surface area is 192 Å². The maximum absolute atomic E-state index is 12.1. The molecule has 0 bridgehead atoms. The van der Waals surface area contributed by atoms with Crippen molar-refractivity contribution in [2.45, 2.75) is 32.6 Å². The lowest BCUT2D eigenvalue weighted by molar-refractivity contribution is -0.143. The molecular weight excluding hydrogens is 440 g/mol. The Morgan fingerprint density at radius 2 is 0.970 bits per heavy atom. The van der Waals surface area contributed by atoms with Gasteiger partial charge in [-0.05, 0) is 6.42 Å².